The van der Waals surface area contributed by atoms with E-state index in [1.807, 2.05) is 0 Å². The molecule has 0 bridgehead atoms. The molecule has 0 saturated heterocycles. The molecule has 0 aromatic heterocycles. The third-order valence-corrected chi connectivity index (χ3v) is 8.11. The van der Waals surface area contributed by atoms with Crippen molar-refractivity contribution in [2.45, 2.75) is 125 Å². The fraction of sp³-hybridized carbons (Fsp3) is 0.442. The Kier molecular flexibility index (Phi) is 11.2. The van der Waals surface area contributed by atoms with Crippen molar-refractivity contribution in [1.82, 2.24) is 0 Å². The number of hydrogen-bond acceptors (Lipinski definition) is 0. The van der Waals surface area contributed by atoms with Crippen molar-refractivity contribution < 1.29 is 23.9 Å². The zero-order valence-electron chi connectivity index (χ0n) is 30.1. The normalized spacial score (nSPS) is 13.8. The summed E-state index contributed by atoms with van der Waals surface area (Å²) in [5.41, 5.74) is 8.94. The van der Waals surface area contributed by atoms with Gasteiger partial charge in [0.2, 0.25) is 0 Å². The summed E-state index contributed by atoms with van der Waals surface area (Å²) in [6.07, 6.45) is 8.75. The molecule has 0 spiro atoms. The molecule has 1 heteroatoms. The van der Waals surface area contributed by atoms with E-state index in [-0.39, 0.29) is 21.7 Å². The molecule has 1 aliphatic rings. The van der Waals surface area contributed by atoms with Gasteiger partial charge in [-0.05, 0) is 21.7 Å². The van der Waals surface area contributed by atoms with Crippen LogP contribution in [0.25, 0.3) is 27.1 Å². The van der Waals surface area contributed by atoms with E-state index in [9.17, 15) is 0 Å². The van der Waals surface area contributed by atoms with Gasteiger partial charge < -0.3 is 0 Å². The molecule has 0 N–H and O–H groups in total. The third-order valence-electron chi connectivity index (χ3n) is 8.11. The Balaban J connectivity index is 0.000000216. The van der Waals surface area contributed by atoms with Crippen LogP contribution in [-0.2, 0) is 45.6 Å². The fourth-order valence-electron chi connectivity index (χ4n) is 5.21. The van der Waals surface area contributed by atoms with Crippen LogP contribution in [0.2, 0.25) is 0 Å². The Bertz CT molecular complexity index is 1570. The van der Waals surface area contributed by atoms with Gasteiger partial charge in [0.15, 0.2) is 0 Å². The van der Waals surface area contributed by atoms with Crippen molar-refractivity contribution in [2.75, 3.05) is 0 Å². The molecule has 4 aromatic carbocycles. The first kappa shape index (κ1) is 36.2. The number of hydrogen-bond donors (Lipinski definition) is 0. The predicted octanol–water partition coefficient (Wildman–Crippen LogP) is 12.5. The maximum atomic E-state index is 3.44. The number of allylic oxidation sites excluding steroid dienone is 4. The molecule has 0 fully saturated rings. The second-order valence-corrected chi connectivity index (χ2v) is 20.3. The van der Waals surface area contributed by atoms with E-state index in [0.717, 1.165) is 6.42 Å². The summed E-state index contributed by atoms with van der Waals surface area (Å²) in [4.78, 5) is 0. The molecule has 5 rings (SSSR count). The van der Waals surface area contributed by atoms with E-state index in [1.54, 1.807) is 3.26 Å². The molecular formula is C43H56Hf. The summed E-state index contributed by atoms with van der Waals surface area (Å²) < 4.78 is 1.56. The molecule has 0 radical (unpaired) electrons. The summed E-state index contributed by atoms with van der Waals surface area (Å²) in [7, 11) is 0. The molecule has 0 aliphatic heterocycles. The van der Waals surface area contributed by atoms with Crippen LogP contribution in [0.5, 0.6) is 0 Å². The van der Waals surface area contributed by atoms with Gasteiger partial charge in [0.25, 0.3) is 0 Å². The molecule has 44 heavy (non-hydrogen) atoms. The SMILES string of the molecule is CC(C)(C)c1cc(C2=[C-]CC=C2)cc(C(C)(C)C)c1.CC(C)(C)c1ccc2c(c1)[cH-]c1cc(C(C)(C)C)ccc12.C[C](C)=[Hf+2]. The van der Waals surface area contributed by atoms with Gasteiger partial charge in [-0.3, -0.25) is 0 Å². The van der Waals surface area contributed by atoms with E-state index in [4.69, 9.17) is 0 Å². The monoisotopic (exact) mass is 752 g/mol. The zero-order chi connectivity index (χ0) is 33.3. The Hall–Kier alpha value is -2.25. The molecule has 232 valence electrons. The molecule has 0 nitrogen and oxygen atoms in total. The average Bonchev–Trinajstić information content (AvgIpc) is 3.54. The summed E-state index contributed by atoms with van der Waals surface area (Å²) in [5, 5.41) is 5.48. The molecule has 0 heterocycles. The van der Waals surface area contributed by atoms with Gasteiger partial charge in [-0.25, -0.2) is 0 Å². The van der Waals surface area contributed by atoms with E-state index < -0.39 is 0 Å². The van der Waals surface area contributed by atoms with Crippen molar-refractivity contribution in [3.05, 3.63) is 107 Å². The van der Waals surface area contributed by atoms with Crippen LogP contribution in [0.15, 0.2) is 72.8 Å². The van der Waals surface area contributed by atoms with Crippen LogP contribution >= 0.6 is 0 Å². The zero-order valence-corrected chi connectivity index (χ0v) is 33.7. The first-order valence-electron chi connectivity index (χ1n) is 16.2. The quantitative estimate of drug-likeness (QED) is 0.134. The summed E-state index contributed by atoms with van der Waals surface area (Å²) in [6.45, 7) is 31.6. The topological polar surface area (TPSA) is 0 Å². The van der Waals surface area contributed by atoms with E-state index in [2.05, 4.69) is 176 Å². The standard InChI is InChI=1S/C21H25.C19H25.C3H6.Hf/c1-20(2,3)16-7-9-18-14(12-16)11-15-13-17(21(4,5)6)8-10-19(15)18;1-18(2,3)16-11-15(14-9-7-8-10-14)12-17(13-16)19(4,5)6;1-3-2;/h7-13H,1-6H3;7,9,11-13H,8H2,1-6H3;1-2H3;/q2*-1;;+2. The predicted molar refractivity (Wildman–Crippen MR) is 195 cm³/mol. The minimum atomic E-state index is 0.179. The van der Waals surface area contributed by atoms with Crippen LogP contribution in [-0.4, -0.2) is 3.26 Å². The van der Waals surface area contributed by atoms with E-state index >= 15 is 0 Å². The van der Waals surface area contributed by atoms with Crippen LogP contribution in [0, 0.1) is 6.08 Å². The van der Waals surface area contributed by atoms with E-state index in [1.165, 1.54) is 78.8 Å². The first-order valence-corrected chi connectivity index (χ1v) is 18.0. The van der Waals surface area contributed by atoms with Crippen molar-refractivity contribution in [2.24, 2.45) is 0 Å². The van der Waals surface area contributed by atoms with Crippen LogP contribution in [0.1, 0.15) is 131 Å². The second-order valence-electron chi connectivity index (χ2n) is 16.7. The first-order chi connectivity index (χ1) is 20.1. The van der Waals surface area contributed by atoms with Crippen molar-refractivity contribution in [3.8, 4) is 0 Å². The van der Waals surface area contributed by atoms with Crippen LogP contribution in [0.4, 0.5) is 0 Å². The Morgan fingerprint density at radius 2 is 0.977 bits per heavy atom. The average molecular weight is 751 g/mol. The van der Waals surface area contributed by atoms with Gasteiger partial charge >= 0.3 is 41.0 Å². The summed E-state index contributed by atoms with van der Waals surface area (Å²) in [5.74, 6) is 0. The van der Waals surface area contributed by atoms with Gasteiger partial charge in [-0.1, -0.05) is 142 Å². The molecule has 0 amide bonds. The van der Waals surface area contributed by atoms with Gasteiger partial charge in [0, 0.05) is 0 Å². The van der Waals surface area contributed by atoms with Crippen LogP contribution in [0.3, 0.4) is 0 Å². The molecule has 0 atom stereocenters. The van der Waals surface area contributed by atoms with Gasteiger partial charge in [-0.2, -0.15) is 17.7 Å². The Morgan fingerprint density at radius 3 is 1.30 bits per heavy atom. The molecule has 0 saturated carbocycles. The number of fused-ring (bicyclic) bond motifs is 3. The molecular weight excluding hydrogens is 695 g/mol. The summed E-state index contributed by atoms with van der Waals surface area (Å²) >= 11 is 1.27. The van der Waals surface area contributed by atoms with Crippen molar-refractivity contribution >= 4 is 30.4 Å². The van der Waals surface area contributed by atoms with Crippen molar-refractivity contribution in [3.63, 3.8) is 0 Å². The number of benzene rings is 3. The second kappa shape index (κ2) is 13.6. The third kappa shape index (κ3) is 9.62. The van der Waals surface area contributed by atoms with E-state index in [0.29, 0.717) is 0 Å². The molecule has 0 unspecified atom stereocenters. The molecule has 1 aliphatic carbocycles. The van der Waals surface area contributed by atoms with Gasteiger partial charge in [0.1, 0.15) is 0 Å². The Labute approximate surface area is 284 Å². The maximum absolute atomic E-state index is 3.44. The molecule has 4 aromatic rings. The summed E-state index contributed by atoms with van der Waals surface area (Å²) in [6, 6.07) is 23.2. The number of rotatable bonds is 1. The van der Waals surface area contributed by atoms with Gasteiger partial charge in [-0.15, -0.1) is 63.5 Å². The minimum absolute atomic E-state index is 0.179. The van der Waals surface area contributed by atoms with Crippen LogP contribution < -0.4 is 0 Å². The fourth-order valence-corrected chi connectivity index (χ4v) is 5.21. The Morgan fingerprint density at radius 1 is 0.591 bits per heavy atom. The van der Waals surface area contributed by atoms with Crippen molar-refractivity contribution in [1.29, 1.82) is 0 Å². The van der Waals surface area contributed by atoms with Gasteiger partial charge in [0.05, 0.1) is 0 Å².